The third-order valence-electron chi connectivity index (χ3n) is 2.01. The lowest BCUT2D eigenvalue weighted by Crippen LogP contribution is -1.87. The van der Waals surface area contributed by atoms with E-state index in [2.05, 4.69) is 6.92 Å². The van der Waals surface area contributed by atoms with Crippen LogP contribution < -0.4 is 0 Å². The average Bonchev–Trinajstić information content (AvgIpc) is 2.15. The minimum absolute atomic E-state index is 0.559. The highest BCUT2D eigenvalue weighted by molar-refractivity contribution is 6.33. The molecule has 0 saturated heterocycles. The zero-order valence-corrected chi connectivity index (χ0v) is 8.47. The fourth-order valence-electron chi connectivity index (χ4n) is 1.20. The summed E-state index contributed by atoms with van der Waals surface area (Å²) in [6.07, 6.45) is 4.16. The van der Waals surface area contributed by atoms with Crippen molar-refractivity contribution < 1.29 is 4.79 Å². The van der Waals surface area contributed by atoms with Gasteiger partial charge in [0, 0.05) is 5.56 Å². The summed E-state index contributed by atoms with van der Waals surface area (Å²) in [7, 11) is 0. The van der Waals surface area contributed by atoms with Gasteiger partial charge in [0.2, 0.25) is 0 Å². The summed E-state index contributed by atoms with van der Waals surface area (Å²) < 4.78 is 0. The van der Waals surface area contributed by atoms with Crippen LogP contribution >= 0.6 is 11.6 Å². The molecular weight excluding hydrogens is 184 g/mol. The summed E-state index contributed by atoms with van der Waals surface area (Å²) in [6.45, 7) is 2.15. The van der Waals surface area contributed by atoms with Crippen molar-refractivity contribution in [3.8, 4) is 0 Å². The molecule has 2 heteroatoms. The van der Waals surface area contributed by atoms with Gasteiger partial charge in [-0.2, -0.15) is 0 Å². The van der Waals surface area contributed by atoms with E-state index in [0.29, 0.717) is 10.6 Å². The average molecular weight is 197 g/mol. The number of aldehydes is 1. The van der Waals surface area contributed by atoms with Crippen LogP contribution in [-0.4, -0.2) is 6.29 Å². The van der Waals surface area contributed by atoms with Gasteiger partial charge in [-0.05, 0) is 30.5 Å². The van der Waals surface area contributed by atoms with Crippen molar-refractivity contribution in [3.05, 3.63) is 34.3 Å². The van der Waals surface area contributed by atoms with E-state index in [4.69, 9.17) is 11.6 Å². The number of halogens is 1. The SMILES string of the molecule is CCCCc1ccc(C=O)c(Cl)c1. The third kappa shape index (κ3) is 2.85. The number of unbranched alkanes of at least 4 members (excludes halogenated alkanes) is 1. The number of carbonyl (C=O) groups is 1. The van der Waals surface area contributed by atoms with Crippen molar-refractivity contribution >= 4 is 17.9 Å². The molecule has 70 valence electrons. The number of hydrogen-bond acceptors (Lipinski definition) is 1. The molecule has 0 aliphatic heterocycles. The largest absolute Gasteiger partial charge is 0.298 e. The van der Waals surface area contributed by atoms with Crippen molar-refractivity contribution in [1.82, 2.24) is 0 Å². The fourth-order valence-corrected chi connectivity index (χ4v) is 1.45. The molecule has 0 aliphatic rings. The maximum Gasteiger partial charge on any atom is 0.151 e. The Kier molecular flexibility index (Phi) is 3.97. The first kappa shape index (κ1) is 10.3. The lowest BCUT2D eigenvalue weighted by atomic mass is 10.1. The minimum atomic E-state index is 0.559. The van der Waals surface area contributed by atoms with Gasteiger partial charge in [0.1, 0.15) is 0 Å². The highest BCUT2D eigenvalue weighted by Crippen LogP contribution is 2.17. The first-order valence-electron chi connectivity index (χ1n) is 4.51. The first-order chi connectivity index (χ1) is 6.27. The van der Waals surface area contributed by atoms with Crippen molar-refractivity contribution in [2.75, 3.05) is 0 Å². The van der Waals surface area contributed by atoms with E-state index < -0.39 is 0 Å². The van der Waals surface area contributed by atoms with Crippen LogP contribution in [0.25, 0.3) is 0 Å². The molecule has 13 heavy (non-hydrogen) atoms. The van der Waals surface area contributed by atoms with Crippen LogP contribution in [0, 0.1) is 0 Å². The molecule has 0 unspecified atom stereocenters. The van der Waals surface area contributed by atoms with E-state index in [0.717, 1.165) is 19.1 Å². The van der Waals surface area contributed by atoms with Gasteiger partial charge in [-0.25, -0.2) is 0 Å². The second-order valence-electron chi connectivity index (χ2n) is 3.08. The van der Waals surface area contributed by atoms with E-state index in [1.807, 2.05) is 12.1 Å². The van der Waals surface area contributed by atoms with Gasteiger partial charge in [-0.15, -0.1) is 0 Å². The molecule has 0 heterocycles. The Labute approximate surface area is 83.7 Å². The van der Waals surface area contributed by atoms with Gasteiger partial charge < -0.3 is 0 Å². The Morgan fingerprint density at radius 2 is 2.23 bits per heavy atom. The summed E-state index contributed by atoms with van der Waals surface area (Å²) in [6, 6.07) is 5.62. The highest BCUT2D eigenvalue weighted by atomic mass is 35.5. The van der Waals surface area contributed by atoms with Crippen LogP contribution in [-0.2, 0) is 6.42 Å². The first-order valence-corrected chi connectivity index (χ1v) is 4.89. The Balaban J connectivity index is 2.77. The van der Waals surface area contributed by atoms with Crippen molar-refractivity contribution in [2.24, 2.45) is 0 Å². The van der Waals surface area contributed by atoms with Gasteiger partial charge in [-0.3, -0.25) is 4.79 Å². The predicted octanol–water partition coefficient (Wildman–Crippen LogP) is 3.50. The van der Waals surface area contributed by atoms with Crippen LogP contribution in [0.15, 0.2) is 18.2 Å². The molecule has 0 spiro atoms. The van der Waals surface area contributed by atoms with Crippen LogP contribution in [0.3, 0.4) is 0 Å². The summed E-state index contributed by atoms with van der Waals surface area (Å²) in [5.41, 5.74) is 1.78. The molecule has 0 bridgehead atoms. The number of benzene rings is 1. The van der Waals surface area contributed by atoms with E-state index in [1.165, 1.54) is 12.0 Å². The summed E-state index contributed by atoms with van der Waals surface area (Å²) in [5, 5.41) is 0.559. The standard InChI is InChI=1S/C11H13ClO/c1-2-3-4-9-5-6-10(8-13)11(12)7-9/h5-8H,2-4H2,1H3. The lowest BCUT2D eigenvalue weighted by molar-refractivity contribution is 0.112. The van der Waals surface area contributed by atoms with Gasteiger partial charge in [0.05, 0.1) is 5.02 Å². The highest BCUT2D eigenvalue weighted by Gasteiger charge is 1.99. The van der Waals surface area contributed by atoms with Gasteiger partial charge >= 0.3 is 0 Å². The monoisotopic (exact) mass is 196 g/mol. The van der Waals surface area contributed by atoms with E-state index in [1.54, 1.807) is 6.07 Å². The second kappa shape index (κ2) is 5.03. The van der Waals surface area contributed by atoms with E-state index >= 15 is 0 Å². The zero-order valence-electron chi connectivity index (χ0n) is 7.72. The number of carbonyl (C=O) groups excluding carboxylic acids is 1. The second-order valence-corrected chi connectivity index (χ2v) is 3.48. The van der Waals surface area contributed by atoms with Crippen molar-refractivity contribution in [3.63, 3.8) is 0 Å². The molecule has 1 aromatic rings. The normalized spacial score (nSPS) is 10.0. The van der Waals surface area contributed by atoms with Gasteiger partial charge in [0.25, 0.3) is 0 Å². The van der Waals surface area contributed by atoms with E-state index in [-0.39, 0.29) is 0 Å². The van der Waals surface area contributed by atoms with Gasteiger partial charge in [-0.1, -0.05) is 31.0 Å². The Morgan fingerprint density at radius 1 is 1.46 bits per heavy atom. The zero-order chi connectivity index (χ0) is 9.68. The van der Waals surface area contributed by atoms with Crippen molar-refractivity contribution in [2.45, 2.75) is 26.2 Å². The molecule has 1 nitrogen and oxygen atoms in total. The lowest BCUT2D eigenvalue weighted by Gasteiger charge is -2.01. The molecule has 0 atom stereocenters. The molecule has 0 amide bonds. The topological polar surface area (TPSA) is 17.1 Å². The number of hydrogen-bond donors (Lipinski definition) is 0. The fraction of sp³-hybridized carbons (Fsp3) is 0.364. The molecule has 0 aromatic heterocycles. The number of aryl methyl sites for hydroxylation is 1. The molecule has 0 radical (unpaired) electrons. The van der Waals surface area contributed by atoms with E-state index in [9.17, 15) is 4.79 Å². The summed E-state index contributed by atoms with van der Waals surface area (Å²) in [4.78, 5) is 10.5. The Bertz CT molecular complexity index is 294. The molecule has 0 N–H and O–H groups in total. The number of rotatable bonds is 4. The predicted molar refractivity (Wildman–Crippen MR) is 55.5 cm³/mol. The van der Waals surface area contributed by atoms with Crippen LogP contribution in [0.4, 0.5) is 0 Å². The molecule has 0 fully saturated rings. The van der Waals surface area contributed by atoms with Crippen LogP contribution in [0.1, 0.15) is 35.7 Å². The maximum atomic E-state index is 10.5. The summed E-state index contributed by atoms with van der Waals surface area (Å²) >= 11 is 5.88. The molecule has 1 rings (SSSR count). The molecular formula is C11H13ClO. The Hall–Kier alpha value is -0.820. The molecule has 0 aliphatic carbocycles. The van der Waals surface area contributed by atoms with Crippen LogP contribution in [0.2, 0.25) is 5.02 Å². The summed E-state index contributed by atoms with van der Waals surface area (Å²) in [5.74, 6) is 0. The van der Waals surface area contributed by atoms with Crippen molar-refractivity contribution in [1.29, 1.82) is 0 Å². The maximum absolute atomic E-state index is 10.5. The van der Waals surface area contributed by atoms with Crippen LogP contribution in [0.5, 0.6) is 0 Å². The molecule has 0 saturated carbocycles. The third-order valence-corrected chi connectivity index (χ3v) is 2.34. The smallest absolute Gasteiger partial charge is 0.151 e. The Morgan fingerprint density at radius 3 is 2.77 bits per heavy atom. The minimum Gasteiger partial charge on any atom is -0.298 e. The quantitative estimate of drug-likeness (QED) is 0.674. The molecule has 1 aromatic carbocycles. The van der Waals surface area contributed by atoms with Gasteiger partial charge in [0.15, 0.2) is 6.29 Å².